The first kappa shape index (κ1) is 14.8. The van der Waals surface area contributed by atoms with Crippen molar-refractivity contribution >= 4 is 17.2 Å². The Balaban J connectivity index is 1.40. The van der Waals surface area contributed by atoms with Crippen LogP contribution < -0.4 is 0 Å². The van der Waals surface area contributed by atoms with E-state index in [1.165, 1.54) is 4.88 Å². The number of aromatic amines is 1. The van der Waals surface area contributed by atoms with Crippen molar-refractivity contribution in [3.05, 3.63) is 52.3 Å². The minimum atomic E-state index is -0.0176. The highest BCUT2D eigenvalue weighted by atomic mass is 32.1. The summed E-state index contributed by atoms with van der Waals surface area (Å²) in [6.07, 6.45) is 3.00. The lowest BCUT2D eigenvalue weighted by atomic mass is 10.1. The highest BCUT2D eigenvalue weighted by Gasteiger charge is 2.34. The van der Waals surface area contributed by atoms with Crippen molar-refractivity contribution < 1.29 is 4.79 Å². The Hall–Kier alpha value is -2.54. The van der Waals surface area contributed by atoms with Crippen LogP contribution in [0.4, 0.5) is 0 Å². The van der Waals surface area contributed by atoms with E-state index >= 15 is 0 Å². The predicted molar refractivity (Wildman–Crippen MR) is 94.4 cm³/mol. The van der Waals surface area contributed by atoms with Crippen LogP contribution in [0.3, 0.4) is 0 Å². The summed E-state index contributed by atoms with van der Waals surface area (Å²) in [6.45, 7) is 1.29. The maximum atomic E-state index is 12.9. The Morgan fingerprint density at radius 2 is 2.04 bits per heavy atom. The molecule has 0 spiro atoms. The Morgan fingerprint density at radius 3 is 2.84 bits per heavy atom. The molecule has 1 amide bonds. The molecule has 1 aromatic carbocycles. The average Bonchev–Trinajstić information content (AvgIpc) is 3.22. The lowest BCUT2D eigenvalue weighted by Crippen LogP contribution is -2.36. The first-order valence-corrected chi connectivity index (χ1v) is 9.35. The maximum Gasteiger partial charge on any atom is 0.276 e. The van der Waals surface area contributed by atoms with Crippen molar-refractivity contribution in [2.45, 2.75) is 31.7 Å². The van der Waals surface area contributed by atoms with Gasteiger partial charge in [-0.05, 0) is 12.8 Å². The summed E-state index contributed by atoms with van der Waals surface area (Å²) in [4.78, 5) is 20.7. The van der Waals surface area contributed by atoms with Gasteiger partial charge in [-0.3, -0.25) is 4.79 Å². The third-order valence-corrected chi connectivity index (χ3v) is 5.91. The van der Waals surface area contributed by atoms with Crippen molar-refractivity contribution in [3.8, 4) is 10.6 Å². The first-order chi connectivity index (χ1) is 12.3. The van der Waals surface area contributed by atoms with E-state index in [1.54, 1.807) is 11.3 Å². The smallest absolute Gasteiger partial charge is 0.276 e. The zero-order valence-corrected chi connectivity index (χ0v) is 14.4. The second kappa shape index (κ2) is 5.77. The van der Waals surface area contributed by atoms with E-state index in [0.29, 0.717) is 24.7 Å². The van der Waals surface area contributed by atoms with Crippen LogP contribution in [0.15, 0.2) is 30.3 Å². The zero-order chi connectivity index (χ0) is 16.8. The van der Waals surface area contributed by atoms with Crippen molar-refractivity contribution in [2.75, 3.05) is 6.54 Å². The van der Waals surface area contributed by atoms with Crippen molar-refractivity contribution in [2.24, 2.45) is 0 Å². The molecule has 25 heavy (non-hydrogen) atoms. The molecule has 1 aliphatic heterocycles. The molecule has 1 fully saturated rings. The summed E-state index contributed by atoms with van der Waals surface area (Å²) < 4.78 is 0. The number of carbonyl (C=O) groups excluding carboxylic acids is 1. The molecule has 6 nitrogen and oxygen atoms in total. The van der Waals surface area contributed by atoms with E-state index in [-0.39, 0.29) is 5.91 Å². The van der Waals surface area contributed by atoms with E-state index in [1.807, 2.05) is 23.1 Å². The molecule has 2 aromatic heterocycles. The molecule has 0 radical (unpaired) electrons. The van der Waals surface area contributed by atoms with Crippen LogP contribution in [0, 0.1) is 0 Å². The van der Waals surface area contributed by atoms with Gasteiger partial charge in [-0.2, -0.15) is 15.4 Å². The minimum Gasteiger partial charge on any atom is -0.332 e. The van der Waals surface area contributed by atoms with Gasteiger partial charge in [-0.25, -0.2) is 4.98 Å². The molecule has 1 aliphatic carbocycles. The standard InChI is InChI=1S/C18H17N5OS/c24-18(16-15(11-6-7-11)20-22-21-16)23-9-8-13-14(10-23)25-17(19-13)12-4-2-1-3-5-12/h1-5,11H,6-10H2,(H,20,21,22). The van der Waals surface area contributed by atoms with E-state index in [4.69, 9.17) is 4.98 Å². The third kappa shape index (κ3) is 2.64. The Morgan fingerprint density at radius 1 is 1.20 bits per heavy atom. The van der Waals surface area contributed by atoms with Gasteiger partial charge >= 0.3 is 0 Å². The summed E-state index contributed by atoms with van der Waals surface area (Å²) in [5.74, 6) is 0.391. The minimum absolute atomic E-state index is 0.0176. The number of hydrogen-bond acceptors (Lipinski definition) is 5. The van der Waals surface area contributed by atoms with E-state index in [9.17, 15) is 4.79 Å². The first-order valence-electron chi connectivity index (χ1n) is 8.53. The van der Waals surface area contributed by atoms with Gasteiger partial charge in [0.05, 0.1) is 17.9 Å². The van der Waals surface area contributed by atoms with Crippen LogP contribution in [-0.4, -0.2) is 37.7 Å². The number of amides is 1. The Labute approximate surface area is 148 Å². The fourth-order valence-electron chi connectivity index (χ4n) is 3.26. The number of carbonyl (C=O) groups is 1. The number of benzene rings is 1. The van der Waals surface area contributed by atoms with Crippen LogP contribution in [0.2, 0.25) is 0 Å². The molecule has 0 atom stereocenters. The van der Waals surface area contributed by atoms with Crippen LogP contribution in [0.5, 0.6) is 0 Å². The summed E-state index contributed by atoms with van der Waals surface area (Å²) >= 11 is 1.68. The number of nitrogens with zero attached hydrogens (tertiary/aromatic N) is 4. The SMILES string of the molecule is O=C(c1n[nH]nc1C1CC1)N1CCc2nc(-c3ccccc3)sc2C1. The summed E-state index contributed by atoms with van der Waals surface area (Å²) in [5.41, 5.74) is 3.59. The molecule has 126 valence electrons. The number of rotatable bonds is 3. The number of H-pyrrole nitrogens is 1. The predicted octanol–water partition coefficient (Wildman–Crippen LogP) is 3.00. The van der Waals surface area contributed by atoms with Crippen LogP contribution >= 0.6 is 11.3 Å². The van der Waals surface area contributed by atoms with Crippen molar-refractivity contribution in [1.29, 1.82) is 0 Å². The molecule has 0 saturated heterocycles. The van der Waals surface area contributed by atoms with Gasteiger partial charge in [-0.15, -0.1) is 11.3 Å². The maximum absolute atomic E-state index is 12.9. The molecule has 3 aromatic rings. The van der Waals surface area contributed by atoms with E-state index < -0.39 is 0 Å². The van der Waals surface area contributed by atoms with Gasteiger partial charge in [0.2, 0.25) is 0 Å². The molecule has 7 heteroatoms. The Bertz CT molecular complexity index is 928. The zero-order valence-electron chi connectivity index (χ0n) is 13.6. The molecule has 5 rings (SSSR count). The summed E-state index contributed by atoms with van der Waals surface area (Å²) in [7, 11) is 0. The van der Waals surface area contributed by atoms with Gasteiger partial charge in [0.1, 0.15) is 5.01 Å². The lowest BCUT2D eigenvalue weighted by Gasteiger charge is -2.25. The van der Waals surface area contributed by atoms with E-state index in [2.05, 4.69) is 27.5 Å². The topological polar surface area (TPSA) is 74.8 Å². The fourth-order valence-corrected chi connectivity index (χ4v) is 4.39. The molecule has 1 saturated carbocycles. The van der Waals surface area contributed by atoms with Crippen LogP contribution in [-0.2, 0) is 13.0 Å². The van der Waals surface area contributed by atoms with Crippen molar-refractivity contribution in [1.82, 2.24) is 25.3 Å². The van der Waals surface area contributed by atoms with Gasteiger partial charge in [0.15, 0.2) is 5.69 Å². The van der Waals surface area contributed by atoms with Gasteiger partial charge in [0.25, 0.3) is 5.91 Å². The summed E-state index contributed by atoms with van der Waals surface area (Å²) in [6, 6.07) is 10.2. The number of nitrogens with one attached hydrogen (secondary N) is 1. The molecular weight excluding hydrogens is 334 g/mol. The monoisotopic (exact) mass is 351 g/mol. The van der Waals surface area contributed by atoms with Gasteiger partial charge in [0, 0.05) is 29.3 Å². The molecule has 1 N–H and O–H groups in total. The molecule has 0 unspecified atom stereocenters. The lowest BCUT2D eigenvalue weighted by molar-refractivity contribution is 0.0729. The number of fused-ring (bicyclic) bond motifs is 1. The second-order valence-corrected chi connectivity index (χ2v) is 7.65. The van der Waals surface area contributed by atoms with Gasteiger partial charge < -0.3 is 4.90 Å². The number of aromatic nitrogens is 4. The van der Waals surface area contributed by atoms with Crippen LogP contribution in [0.1, 0.15) is 45.5 Å². The summed E-state index contributed by atoms with van der Waals surface area (Å²) in [5, 5.41) is 12.0. The molecule has 0 bridgehead atoms. The number of hydrogen-bond donors (Lipinski definition) is 1. The van der Waals surface area contributed by atoms with Gasteiger partial charge in [-0.1, -0.05) is 30.3 Å². The fraction of sp³-hybridized carbons (Fsp3) is 0.333. The largest absolute Gasteiger partial charge is 0.332 e. The number of thiazole rings is 1. The normalized spacial score (nSPS) is 16.7. The molecule has 3 heterocycles. The van der Waals surface area contributed by atoms with E-state index in [0.717, 1.165) is 41.2 Å². The molecular formula is C18H17N5OS. The van der Waals surface area contributed by atoms with Crippen molar-refractivity contribution in [3.63, 3.8) is 0 Å². The highest BCUT2D eigenvalue weighted by molar-refractivity contribution is 7.15. The Kier molecular flexibility index (Phi) is 3.41. The molecule has 2 aliphatic rings. The third-order valence-electron chi connectivity index (χ3n) is 4.78. The quantitative estimate of drug-likeness (QED) is 0.787. The highest BCUT2D eigenvalue weighted by Crippen LogP contribution is 2.40. The van der Waals surface area contributed by atoms with Crippen LogP contribution in [0.25, 0.3) is 10.6 Å². The average molecular weight is 351 g/mol. The second-order valence-electron chi connectivity index (χ2n) is 6.56.